The molecule has 0 aliphatic carbocycles. The van der Waals surface area contributed by atoms with Gasteiger partial charge in [-0.3, -0.25) is 0 Å². The highest BCUT2D eigenvalue weighted by Crippen LogP contribution is 2.09. The highest BCUT2D eigenvalue weighted by Gasteiger charge is 1.94. The van der Waals surface area contributed by atoms with E-state index in [0.717, 1.165) is 25.5 Å². The van der Waals surface area contributed by atoms with Gasteiger partial charge in [-0.15, -0.1) is 0 Å². The number of hydrogen-bond donors (Lipinski definition) is 0. The van der Waals surface area contributed by atoms with Crippen LogP contribution < -0.4 is 0 Å². The van der Waals surface area contributed by atoms with Crippen LogP contribution in [-0.2, 0) is 17.6 Å². The Kier molecular flexibility index (Phi) is 9.38. The summed E-state index contributed by atoms with van der Waals surface area (Å²) in [5.74, 6) is 0. The zero-order valence-corrected chi connectivity index (χ0v) is 14.6. The fourth-order valence-corrected chi connectivity index (χ4v) is 2.40. The second kappa shape index (κ2) is 11.4. The monoisotopic (exact) mass is 308 g/mol. The summed E-state index contributed by atoms with van der Waals surface area (Å²) >= 11 is 0. The zero-order valence-electron chi connectivity index (χ0n) is 14.6. The third-order valence-corrected chi connectivity index (χ3v) is 3.87. The molecular weight excluding hydrogens is 280 g/mol. The first-order chi connectivity index (χ1) is 11.2. The second-order valence-corrected chi connectivity index (χ2v) is 5.67. The summed E-state index contributed by atoms with van der Waals surface area (Å²) in [4.78, 5) is 10.1. The first-order valence-electron chi connectivity index (χ1n) is 8.32. The summed E-state index contributed by atoms with van der Waals surface area (Å²) in [5, 5.41) is 0. The van der Waals surface area contributed by atoms with E-state index in [0.29, 0.717) is 6.42 Å². The van der Waals surface area contributed by atoms with Gasteiger partial charge < -0.3 is 4.79 Å². The van der Waals surface area contributed by atoms with Crippen LogP contribution in [-0.4, -0.2) is 6.29 Å². The summed E-state index contributed by atoms with van der Waals surface area (Å²) < 4.78 is 0. The average Bonchev–Trinajstić information content (AvgIpc) is 2.57. The van der Waals surface area contributed by atoms with Crippen LogP contribution in [0.1, 0.15) is 42.0 Å². The molecule has 0 unspecified atom stereocenters. The molecule has 2 rings (SSSR count). The normalized spacial score (nSPS) is 10.2. The number of aldehydes is 1. The van der Waals surface area contributed by atoms with E-state index in [9.17, 15) is 4.79 Å². The van der Waals surface area contributed by atoms with Gasteiger partial charge in [0.25, 0.3) is 0 Å². The van der Waals surface area contributed by atoms with Crippen LogP contribution in [0.2, 0.25) is 0 Å². The molecule has 0 aliphatic rings. The Labute approximate surface area is 141 Å². The van der Waals surface area contributed by atoms with Gasteiger partial charge in [0, 0.05) is 6.42 Å². The molecular formula is C22H28O. The molecule has 0 N–H and O–H groups in total. The Morgan fingerprint density at radius 2 is 1.26 bits per heavy atom. The third-order valence-electron chi connectivity index (χ3n) is 3.87. The quantitative estimate of drug-likeness (QED) is 0.499. The third kappa shape index (κ3) is 7.60. The first kappa shape index (κ1) is 18.9. The Hall–Kier alpha value is -2.15. The van der Waals surface area contributed by atoms with Gasteiger partial charge in [-0.1, -0.05) is 60.7 Å². The van der Waals surface area contributed by atoms with Crippen LogP contribution >= 0.6 is 0 Å². The lowest BCUT2D eigenvalue weighted by molar-refractivity contribution is -0.107. The Morgan fingerprint density at radius 3 is 1.70 bits per heavy atom. The van der Waals surface area contributed by atoms with Gasteiger partial charge in [0.15, 0.2) is 0 Å². The van der Waals surface area contributed by atoms with Gasteiger partial charge in [0.2, 0.25) is 0 Å². The van der Waals surface area contributed by atoms with Crippen molar-refractivity contribution in [3.8, 4) is 0 Å². The van der Waals surface area contributed by atoms with Crippen LogP contribution in [0.15, 0.2) is 60.7 Å². The molecule has 2 aromatic rings. The van der Waals surface area contributed by atoms with E-state index < -0.39 is 0 Å². The lowest BCUT2D eigenvalue weighted by Gasteiger charge is -2.01. The van der Waals surface area contributed by atoms with Crippen LogP contribution in [0.5, 0.6) is 0 Å². The van der Waals surface area contributed by atoms with E-state index in [1.165, 1.54) is 22.3 Å². The van der Waals surface area contributed by atoms with Crippen molar-refractivity contribution in [1.82, 2.24) is 0 Å². The van der Waals surface area contributed by atoms with Gasteiger partial charge in [-0.2, -0.15) is 0 Å². The summed E-state index contributed by atoms with van der Waals surface area (Å²) in [6.45, 7) is 6.31. The first-order valence-corrected chi connectivity index (χ1v) is 8.32. The second-order valence-electron chi connectivity index (χ2n) is 5.67. The van der Waals surface area contributed by atoms with Gasteiger partial charge in [0.1, 0.15) is 6.29 Å². The number of benzene rings is 2. The van der Waals surface area contributed by atoms with E-state index in [1.807, 2.05) is 12.1 Å². The minimum atomic E-state index is 0.630. The Bertz CT molecular complexity index is 611. The van der Waals surface area contributed by atoms with Crippen LogP contribution in [0, 0.1) is 13.8 Å². The predicted octanol–water partition coefficient (Wildman–Crippen LogP) is 5.63. The summed E-state index contributed by atoms with van der Waals surface area (Å²) in [6, 6.07) is 16.7. The van der Waals surface area contributed by atoms with Gasteiger partial charge in [-0.05, 0) is 62.3 Å². The number of rotatable bonds is 6. The fourth-order valence-electron chi connectivity index (χ4n) is 2.40. The van der Waals surface area contributed by atoms with E-state index in [2.05, 4.69) is 69.3 Å². The number of aryl methyl sites for hydroxylation is 4. The predicted molar refractivity (Wildman–Crippen MR) is 99.9 cm³/mol. The zero-order chi connectivity index (χ0) is 16.9. The molecule has 23 heavy (non-hydrogen) atoms. The van der Waals surface area contributed by atoms with Crippen molar-refractivity contribution in [1.29, 1.82) is 0 Å². The molecule has 1 heteroatoms. The molecule has 1 nitrogen and oxygen atoms in total. The molecule has 0 radical (unpaired) electrons. The topological polar surface area (TPSA) is 17.1 Å². The van der Waals surface area contributed by atoms with E-state index in [4.69, 9.17) is 0 Å². The minimum Gasteiger partial charge on any atom is -0.303 e. The van der Waals surface area contributed by atoms with Crippen LogP contribution in [0.4, 0.5) is 0 Å². The number of carbonyl (C=O) groups is 1. The maximum Gasteiger partial charge on any atom is 0.120 e. The van der Waals surface area contributed by atoms with E-state index >= 15 is 0 Å². The molecule has 0 saturated heterocycles. The summed E-state index contributed by atoms with van der Waals surface area (Å²) in [7, 11) is 0. The Morgan fingerprint density at radius 1 is 0.783 bits per heavy atom. The molecule has 0 spiro atoms. The standard InChI is InChI=1S/C12H16.C10H12O/c1-3-4-5-9-12-10-7-6-8-11(12)2;1-9-5-2-3-6-10(9)7-4-8-11/h3-4,6-8,10H,5,9H2,1-2H3;2-3,5-6,8H,4,7H2,1H3. The van der Waals surface area contributed by atoms with Crippen molar-refractivity contribution in [3.63, 3.8) is 0 Å². The van der Waals surface area contributed by atoms with Crippen molar-refractivity contribution in [2.45, 2.75) is 46.5 Å². The summed E-state index contributed by atoms with van der Waals surface area (Å²) in [6.07, 6.45) is 9.11. The Balaban J connectivity index is 0.000000231. The number of carbonyl (C=O) groups excluding carboxylic acids is 1. The molecule has 0 fully saturated rings. The molecule has 0 aromatic heterocycles. The summed E-state index contributed by atoms with van der Waals surface area (Å²) in [5.41, 5.74) is 5.42. The highest BCUT2D eigenvalue weighted by molar-refractivity contribution is 5.50. The lowest BCUT2D eigenvalue weighted by Crippen LogP contribution is -1.88. The average molecular weight is 308 g/mol. The number of allylic oxidation sites excluding steroid dienone is 2. The van der Waals surface area contributed by atoms with Crippen LogP contribution in [0.3, 0.4) is 0 Å². The molecule has 0 bridgehead atoms. The smallest absolute Gasteiger partial charge is 0.120 e. The fraction of sp³-hybridized carbons (Fsp3) is 0.318. The van der Waals surface area contributed by atoms with Gasteiger partial charge in [0.05, 0.1) is 0 Å². The van der Waals surface area contributed by atoms with Crippen molar-refractivity contribution >= 4 is 6.29 Å². The van der Waals surface area contributed by atoms with Crippen molar-refractivity contribution < 1.29 is 4.79 Å². The van der Waals surface area contributed by atoms with Crippen LogP contribution in [0.25, 0.3) is 0 Å². The SMILES string of the molecule is CC=CCCc1ccccc1C.Cc1ccccc1CCC=O. The van der Waals surface area contributed by atoms with Crippen molar-refractivity contribution in [3.05, 3.63) is 82.9 Å². The molecule has 0 atom stereocenters. The largest absolute Gasteiger partial charge is 0.303 e. The molecule has 122 valence electrons. The number of hydrogen-bond acceptors (Lipinski definition) is 1. The van der Waals surface area contributed by atoms with Gasteiger partial charge >= 0.3 is 0 Å². The molecule has 0 saturated carbocycles. The van der Waals surface area contributed by atoms with Gasteiger partial charge in [-0.25, -0.2) is 0 Å². The molecule has 0 heterocycles. The van der Waals surface area contributed by atoms with Crippen molar-refractivity contribution in [2.75, 3.05) is 0 Å². The van der Waals surface area contributed by atoms with E-state index in [1.54, 1.807) is 0 Å². The molecule has 2 aromatic carbocycles. The highest BCUT2D eigenvalue weighted by atomic mass is 16.1. The maximum absolute atomic E-state index is 10.1. The minimum absolute atomic E-state index is 0.630. The van der Waals surface area contributed by atoms with E-state index in [-0.39, 0.29) is 0 Å². The van der Waals surface area contributed by atoms with Crippen molar-refractivity contribution in [2.24, 2.45) is 0 Å². The lowest BCUT2D eigenvalue weighted by atomic mass is 10.0. The molecule has 0 amide bonds. The molecule has 0 aliphatic heterocycles. The maximum atomic E-state index is 10.1.